The number of carbonyl (C=O) groups is 1. The highest BCUT2D eigenvalue weighted by molar-refractivity contribution is 9.10. The summed E-state index contributed by atoms with van der Waals surface area (Å²) in [5.41, 5.74) is 0.666. The number of hydrogen-bond donors (Lipinski definition) is 1. The molecule has 6 heteroatoms. The zero-order chi connectivity index (χ0) is 14.4. The number of nitrogens with one attached hydrogen (secondary N) is 1. The Morgan fingerprint density at radius 1 is 1.50 bits per heavy atom. The first-order chi connectivity index (χ1) is 9.72. The molecule has 0 atom stereocenters. The maximum absolute atomic E-state index is 12.7. The first-order valence-corrected chi connectivity index (χ1v) is 8.93. The summed E-state index contributed by atoms with van der Waals surface area (Å²) in [6.45, 7) is 4.58. The second-order valence-corrected chi connectivity index (χ2v) is 6.88. The average molecular weight is 358 g/mol. The molecule has 0 unspecified atom stereocenters. The Balaban J connectivity index is 2.20. The minimum Gasteiger partial charge on any atom is -0.369 e. The number of halogens is 1. The van der Waals surface area contributed by atoms with Crippen molar-refractivity contribution >= 4 is 39.4 Å². The zero-order valence-electron chi connectivity index (χ0n) is 11.7. The third-order valence-corrected chi connectivity index (χ3v) is 4.62. The molecule has 0 saturated carbocycles. The highest BCUT2D eigenvalue weighted by Crippen LogP contribution is 2.21. The molecule has 20 heavy (non-hydrogen) atoms. The van der Waals surface area contributed by atoms with Crippen molar-refractivity contribution in [1.29, 1.82) is 0 Å². The summed E-state index contributed by atoms with van der Waals surface area (Å²) in [6, 6.07) is 1.87. The van der Waals surface area contributed by atoms with Crippen molar-refractivity contribution in [3.8, 4) is 0 Å². The molecule has 4 nitrogen and oxygen atoms in total. The van der Waals surface area contributed by atoms with Crippen molar-refractivity contribution in [1.82, 2.24) is 9.88 Å². The number of pyridine rings is 1. The van der Waals surface area contributed by atoms with Crippen LogP contribution in [0.3, 0.4) is 0 Å². The van der Waals surface area contributed by atoms with Crippen LogP contribution in [0.2, 0.25) is 0 Å². The summed E-state index contributed by atoms with van der Waals surface area (Å²) in [5.74, 6) is 2.93. The topological polar surface area (TPSA) is 45.2 Å². The third kappa shape index (κ3) is 4.12. The van der Waals surface area contributed by atoms with E-state index in [2.05, 4.69) is 33.2 Å². The minimum atomic E-state index is 0.0832. The maximum Gasteiger partial charge on any atom is 0.257 e. The highest BCUT2D eigenvalue weighted by Gasteiger charge is 2.21. The number of rotatable bonds is 4. The van der Waals surface area contributed by atoms with Crippen LogP contribution in [0.15, 0.2) is 16.7 Å². The standard InChI is InChI=1S/C14H20BrN3OS/c1-2-4-16-13-12(9-11(15)10-17-13)14(19)18-5-3-7-20-8-6-18/h9-10H,2-8H2,1H3,(H,16,17). The van der Waals surface area contributed by atoms with Gasteiger partial charge in [-0.25, -0.2) is 4.98 Å². The second kappa shape index (κ2) is 7.88. The molecule has 1 N–H and O–H groups in total. The Hall–Kier alpha value is -0.750. The summed E-state index contributed by atoms with van der Waals surface area (Å²) < 4.78 is 0.840. The zero-order valence-corrected chi connectivity index (χ0v) is 14.1. The van der Waals surface area contributed by atoms with E-state index in [9.17, 15) is 4.79 Å². The molecule has 1 saturated heterocycles. The fraction of sp³-hybridized carbons (Fsp3) is 0.571. The molecule has 1 amide bonds. The van der Waals surface area contributed by atoms with E-state index < -0.39 is 0 Å². The molecular formula is C14H20BrN3OS. The van der Waals surface area contributed by atoms with Gasteiger partial charge >= 0.3 is 0 Å². The molecule has 0 spiro atoms. The first-order valence-electron chi connectivity index (χ1n) is 6.99. The molecule has 1 fully saturated rings. The van der Waals surface area contributed by atoms with Gasteiger partial charge in [-0.1, -0.05) is 6.92 Å². The highest BCUT2D eigenvalue weighted by atomic mass is 79.9. The number of anilines is 1. The van der Waals surface area contributed by atoms with Crippen LogP contribution >= 0.6 is 27.7 Å². The van der Waals surface area contributed by atoms with Crippen molar-refractivity contribution in [2.45, 2.75) is 19.8 Å². The van der Waals surface area contributed by atoms with Crippen molar-refractivity contribution in [2.75, 3.05) is 36.5 Å². The average Bonchev–Trinajstić information content (AvgIpc) is 2.74. The van der Waals surface area contributed by atoms with Crippen LogP contribution in [0, 0.1) is 0 Å². The van der Waals surface area contributed by atoms with Crippen molar-refractivity contribution < 1.29 is 4.79 Å². The minimum absolute atomic E-state index is 0.0832. The van der Waals surface area contributed by atoms with Gasteiger partial charge in [-0.2, -0.15) is 11.8 Å². The molecule has 2 heterocycles. The Morgan fingerprint density at radius 3 is 3.15 bits per heavy atom. The number of nitrogens with zero attached hydrogens (tertiary/aromatic N) is 2. The summed E-state index contributed by atoms with van der Waals surface area (Å²) in [6.07, 6.45) is 3.80. The van der Waals surface area contributed by atoms with E-state index in [1.54, 1.807) is 6.20 Å². The van der Waals surface area contributed by atoms with E-state index in [4.69, 9.17) is 0 Å². The first kappa shape index (κ1) is 15.6. The van der Waals surface area contributed by atoms with Crippen LogP contribution in [0.25, 0.3) is 0 Å². The Morgan fingerprint density at radius 2 is 2.35 bits per heavy atom. The summed E-state index contributed by atoms with van der Waals surface area (Å²) in [4.78, 5) is 19.0. The molecule has 1 aliphatic rings. The second-order valence-electron chi connectivity index (χ2n) is 4.73. The number of thioether (sulfide) groups is 1. The lowest BCUT2D eigenvalue weighted by Crippen LogP contribution is -2.33. The summed E-state index contributed by atoms with van der Waals surface area (Å²) >= 11 is 5.33. The normalized spacial score (nSPS) is 15.8. The van der Waals surface area contributed by atoms with E-state index >= 15 is 0 Å². The predicted octanol–water partition coefficient (Wildman–Crippen LogP) is 3.25. The van der Waals surface area contributed by atoms with Crippen LogP contribution in [0.4, 0.5) is 5.82 Å². The molecule has 1 aliphatic heterocycles. The van der Waals surface area contributed by atoms with Crippen molar-refractivity contribution in [3.63, 3.8) is 0 Å². The van der Waals surface area contributed by atoms with E-state index in [-0.39, 0.29) is 5.91 Å². The van der Waals surface area contributed by atoms with Gasteiger partial charge in [-0.3, -0.25) is 4.79 Å². The molecule has 110 valence electrons. The van der Waals surface area contributed by atoms with Gasteiger partial charge in [-0.05, 0) is 40.6 Å². The Bertz CT molecular complexity index is 462. The van der Waals surface area contributed by atoms with Gasteiger partial charge in [0.1, 0.15) is 5.82 Å². The van der Waals surface area contributed by atoms with E-state index in [1.807, 2.05) is 22.7 Å². The maximum atomic E-state index is 12.7. The molecule has 1 aromatic heterocycles. The van der Waals surface area contributed by atoms with Gasteiger partial charge in [-0.15, -0.1) is 0 Å². The lowest BCUT2D eigenvalue weighted by molar-refractivity contribution is 0.0769. The quantitative estimate of drug-likeness (QED) is 0.898. The fourth-order valence-electron chi connectivity index (χ4n) is 2.11. The molecule has 1 aromatic rings. The van der Waals surface area contributed by atoms with Gasteiger partial charge in [0.05, 0.1) is 5.56 Å². The predicted molar refractivity (Wildman–Crippen MR) is 88.6 cm³/mol. The Kier molecular flexibility index (Phi) is 6.16. The van der Waals surface area contributed by atoms with E-state index in [0.29, 0.717) is 11.4 Å². The van der Waals surface area contributed by atoms with Gasteiger partial charge in [0.15, 0.2) is 0 Å². The van der Waals surface area contributed by atoms with Crippen LogP contribution in [-0.4, -0.2) is 46.9 Å². The van der Waals surface area contributed by atoms with Crippen molar-refractivity contribution in [2.24, 2.45) is 0 Å². The molecule has 0 aliphatic carbocycles. The van der Waals surface area contributed by atoms with Gasteiger partial charge < -0.3 is 10.2 Å². The monoisotopic (exact) mass is 357 g/mol. The molecular weight excluding hydrogens is 338 g/mol. The summed E-state index contributed by atoms with van der Waals surface area (Å²) in [7, 11) is 0. The number of aromatic nitrogens is 1. The fourth-order valence-corrected chi connectivity index (χ4v) is 3.32. The van der Waals surface area contributed by atoms with E-state index in [1.165, 1.54) is 0 Å². The van der Waals surface area contributed by atoms with Crippen LogP contribution in [0.1, 0.15) is 30.1 Å². The molecule has 2 rings (SSSR count). The summed E-state index contributed by atoms with van der Waals surface area (Å²) in [5, 5.41) is 3.24. The number of amides is 1. The van der Waals surface area contributed by atoms with Crippen LogP contribution in [0.5, 0.6) is 0 Å². The van der Waals surface area contributed by atoms with Gasteiger partial charge in [0.25, 0.3) is 5.91 Å². The lowest BCUT2D eigenvalue weighted by atomic mass is 10.2. The smallest absolute Gasteiger partial charge is 0.257 e. The molecule has 0 radical (unpaired) electrons. The molecule has 0 bridgehead atoms. The Labute approximate surface area is 132 Å². The SMILES string of the molecule is CCCNc1ncc(Br)cc1C(=O)N1CCCSCC1. The van der Waals surface area contributed by atoms with Gasteiger partial charge in [0.2, 0.25) is 0 Å². The van der Waals surface area contributed by atoms with Crippen LogP contribution < -0.4 is 5.32 Å². The number of carbonyl (C=O) groups excluding carboxylic acids is 1. The lowest BCUT2D eigenvalue weighted by Gasteiger charge is -2.21. The van der Waals surface area contributed by atoms with Gasteiger partial charge in [0, 0.05) is 36.1 Å². The molecule has 0 aromatic carbocycles. The third-order valence-electron chi connectivity index (χ3n) is 3.14. The largest absolute Gasteiger partial charge is 0.369 e. The number of hydrogen-bond acceptors (Lipinski definition) is 4. The van der Waals surface area contributed by atoms with Crippen molar-refractivity contribution in [3.05, 3.63) is 22.3 Å². The van der Waals surface area contributed by atoms with E-state index in [0.717, 1.165) is 48.5 Å². The van der Waals surface area contributed by atoms with Crippen LogP contribution in [-0.2, 0) is 0 Å².